The van der Waals surface area contributed by atoms with Gasteiger partial charge in [0.15, 0.2) is 0 Å². The number of fused-ring (bicyclic) bond motifs is 1. The summed E-state index contributed by atoms with van der Waals surface area (Å²) in [6.07, 6.45) is 0.745. The molecular weight excluding hydrogens is 307 g/mol. The lowest BCUT2D eigenvalue weighted by atomic mass is 9.99. The lowest BCUT2D eigenvalue weighted by Crippen LogP contribution is -2.37. The van der Waals surface area contributed by atoms with Gasteiger partial charge in [-0.1, -0.05) is 12.1 Å². The maximum Gasteiger partial charge on any atom is 0.124 e. The zero-order chi connectivity index (χ0) is 16.9. The highest BCUT2D eigenvalue weighted by molar-refractivity contribution is 5.38. The molecular formula is C18H25FN4O. The highest BCUT2D eigenvalue weighted by Crippen LogP contribution is 2.18. The summed E-state index contributed by atoms with van der Waals surface area (Å²) in [4.78, 5) is 0. The van der Waals surface area contributed by atoms with Gasteiger partial charge in [0.2, 0.25) is 0 Å². The predicted octanol–water partition coefficient (Wildman–Crippen LogP) is 1.81. The van der Waals surface area contributed by atoms with Crippen molar-refractivity contribution in [2.45, 2.75) is 19.9 Å². The van der Waals surface area contributed by atoms with Gasteiger partial charge in [-0.15, -0.1) is 0 Å². The molecule has 0 aliphatic carbocycles. The van der Waals surface area contributed by atoms with Crippen molar-refractivity contribution in [1.82, 2.24) is 15.1 Å². The number of halogens is 1. The fourth-order valence-corrected chi connectivity index (χ4v) is 3.17. The highest BCUT2D eigenvalue weighted by Gasteiger charge is 2.19. The maximum absolute atomic E-state index is 12.9. The molecule has 2 atom stereocenters. The van der Waals surface area contributed by atoms with Crippen molar-refractivity contribution in [3.63, 3.8) is 0 Å². The minimum Gasteiger partial charge on any atom is -0.396 e. The van der Waals surface area contributed by atoms with E-state index in [0.29, 0.717) is 5.92 Å². The number of hydrogen-bond donors (Lipinski definition) is 3. The normalized spacial score (nSPS) is 18.0. The molecule has 130 valence electrons. The van der Waals surface area contributed by atoms with Crippen LogP contribution in [0, 0.1) is 24.6 Å². The van der Waals surface area contributed by atoms with Crippen LogP contribution < -0.4 is 10.6 Å². The van der Waals surface area contributed by atoms with E-state index < -0.39 is 0 Å². The SMILES string of the molecule is Cc1cc2n(n1)CC(CNCC(CO)Cc1ccc(F)cc1)CN2. The molecule has 1 aliphatic heterocycles. The van der Waals surface area contributed by atoms with Crippen molar-refractivity contribution in [3.05, 3.63) is 47.4 Å². The number of aryl methyl sites for hydroxylation is 1. The standard InChI is InChI=1S/C18H25FN4O/c1-13-6-18-21-10-16(11-23(18)22-13)9-20-8-15(12-24)7-14-2-4-17(19)5-3-14/h2-6,15-16,20-21,24H,7-12H2,1H3. The Labute approximate surface area is 141 Å². The van der Waals surface area contributed by atoms with Crippen molar-refractivity contribution in [3.8, 4) is 0 Å². The minimum atomic E-state index is -0.226. The maximum atomic E-state index is 12.9. The molecule has 2 unspecified atom stereocenters. The molecule has 0 saturated heterocycles. The van der Waals surface area contributed by atoms with Gasteiger partial charge < -0.3 is 15.7 Å². The van der Waals surface area contributed by atoms with E-state index in [2.05, 4.69) is 21.8 Å². The predicted molar refractivity (Wildman–Crippen MR) is 92.5 cm³/mol. The molecule has 0 fully saturated rings. The Hall–Kier alpha value is -1.92. The van der Waals surface area contributed by atoms with Crippen molar-refractivity contribution < 1.29 is 9.50 Å². The van der Waals surface area contributed by atoms with Crippen LogP contribution in [0.4, 0.5) is 10.2 Å². The number of anilines is 1. The molecule has 0 amide bonds. The lowest BCUT2D eigenvalue weighted by Gasteiger charge is -2.26. The van der Waals surface area contributed by atoms with Crippen LogP contribution in [0.2, 0.25) is 0 Å². The molecule has 3 rings (SSSR count). The fourth-order valence-electron chi connectivity index (χ4n) is 3.17. The molecule has 6 heteroatoms. The van der Waals surface area contributed by atoms with E-state index >= 15 is 0 Å². The van der Waals surface area contributed by atoms with Gasteiger partial charge >= 0.3 is 0 Å². The summed E-state index contributed by atoms with van der Waals surface area (Å²) in [5.41, 5.74) is 2.08. The van der Waals surface area contributed by atoms with Crippen molar-refractivity contribution in [2.75, 3.05) is 31.6 Å². The van der Waals surface area contributed by atoms with Crippen molar-refractivity contribution >= 4 is 5.82 Å². The van der Waals surface area contributed by atoms with Crippen LogP contribution in [0.1, 0.15) is 11.3 Å². The van der Waals surface area contributed by atoms with Crippen molar-refractivity contribution in [1.29, 1.82) is 0 Å². The van der Waals surface area contributed by atoms with E-state index in [-0.39, 0.29) is 18.3 Å². The third kappa shape index (κ3) is 4.33. The molecule has 2 heterocycles. The third-order valence-corrected chi connectivity index (χ3v) is 4.47. The number of benzene rings is 1. The van der Waals surface area contributed by atoms with Gasteiger partial charge in [0.25, 0.3) is 0 Å². The first-order valence-corrected chi connectivity index (χ1v) is 8.48. The van der Waals surface area contributed by atoms with E-state index in [1.165, 1.54) is 12.1 Å². The van der Waals surface area contributed by atoms with E-state index in [4.69, 9.17) is 0 Å². The average molecular weight is 332 g/mol. The zero-order valence-electron chi connectivity index (χ0n) is 14.0. The number of hydrogen-bond acceptors (Lipinski definition) is 4. The monoisotopic (exact) mass is 332 g/mol. The molecule has 0 radical (unpaired) electrons. The lowest BCUT2D eigenvalue weighted by molar-refractivity contribution is 0.219. The number of nitrogens with zero attached hydrogens (tertiary/aromatic N) is 2. The van der Waals surface area contributed by atoms with Crippen LogP contribution in [0.25, 0.3) is 0 Å². The number of rotatable bonds is 7. The molecule has 0 bridgehead atoms. The van der Waals surface area contributed by atoms with Crippen LogP contribution in [-0.2, 0) is 13.0 Å². The molecule has 3 N–H and O–H groups in total. The van der Waals surface area contributed by atoms with Gasteiger partial charge in [0.1, 0.15) is 11.6 Å². The largest absolute Gasteiger partial charge is 0.396 e. The number of nitrogens with one attached hydrogen (secondary N) is 2. The molecule has 1 aromatic heterocycles. The van der Waals surface area contributed by atoms with Gasteiger partial charge in [0.05, 0.1) is 5.69 Å². The van der Waals surface area contributed by atoms with Crippen molar-refractivity contribution in [2.24, 2.45) is 11.8 Å². The van der Waals surface area contributed by atoms with Crippen LogP contribution in [-0.4, -0.2) is 41.1 Å². The van der Waals surface area contributed by atoms with Crippen LogP contribution in [0.5, 0.6) is 0 Å². The molecule has 0 spiro atoms. The average Bonchev–Trinajstić information content (AvgIpc) is 2.95. The summed E-state index contributed by atoms with van der Waals surface area (Å²) in [7, 11) is 0. The summed E-state index contributed by atoms with van der Waals surface area (Å²) in [6, 6.07) is 8.56. The molecule has 2 aromatic rings. The van der Waals surface area contributed by atoms with Gasteiger partial charge in [-0.25, -0.2) is 9.07 Å². The van der Waals surface area contributed by atoms with E-state index in [0.717, 1.165) is 49.7 Å². The summed E-state index contributed by atoms with van der Waals surface area (Å²) in [5, 5.41) is 20.9. The Morgan fingerprint density at radius 2 is 2.21 bits per heavy atom. The number of aliphatic hydroxyl groups is 1. The second-order valence-electron chi connectivity index (χ2n) is 6.64. The van der Waals surface area contributed by atoms with Crippen LogP contribution >= 0.6 is 0 Å². The first kappa shape index (κ1) is 16.9. The number of aliphatic hydroxyl groups excluding tert-OH is 1. The van der Waals surface area contributed by atoms with E-state index in [9.17, 15) is 9.50 Å². The van der Waals surface area contributed by atoms with Gasteiger partial charge in [-0.05, 0) is 37.0 Å². The third-order valence-electron chi connectivity index (χ3n) is 4.47. The topological polar surface area (TPSA) is 62.1 Å². The van der Waals surface area contributed by atoms with Gasteiger partial charge in [0, 0.05) is 44.8 Å². The van der Waals surface area contributed by atoms with E-state index in [1.807, 2.05) is 11.6 Å². The van der Waals surface area contributed by atoms with E-state index in [1.54, 1.807) is 12.1 Å². The summed E-state index contributed by atoms with van der Waals surface area (Å²) >= 11 is 0. The second-order valence-corrected chi connectivity index (χ2v) is 6.64. The van der Waals surface area contributed by atoms with Gasteiger partial charge in [-0.2, -0.15) is 5.10 Å². The molecule has 24 heavy (non-hydrogen) atoms. The first-order valence-electron chi connectivity index (χ1n) is 8.48. The Bertz CT molecular complexity index is 656. The summed E-state index contributed by atoms with van der Waals surface area (Å²) in [6.45, 7) is 5.59. The quantitative estimate of drug-likeness (QED) is 0.724. The molecule has 1 aliphatic rings. The van der Waals surface area contributed by atoms with Crippen LogP contribution in [0.3, 0.4) is 0 Å². The fraction of sp³-hybridized carbons (Fsp3) is 0.500. The Balaban J connectivity index is 1.44. The van der Waals surface area contributed by atoms with Crippen LogP contribution in [0.15, 0.2) is 30.3 Å². The Morgan fingerprint density at radius 1 is 1.42 bits per heavy atom. The minimum absolute atomic E-state index is 0.121. The second kappa shape index (κ2) is 7.77. The molecule has 1 aromatic carbocycles. The first-order chi connectivity index (χ1) is 11.6. The highest BCUT2D eigenvalue weighted by atomic mass is 19.1. The summed E-state index contributed by atoms with van der Waals surface area (Å²) in [5.74, 6) is 1.47. The molecule has 0 saturated carbocycles. The number of aromatic nitrogens is 2. The summed E-state index contributed by atoms with van der Waals surface area (Å²) < 4.78 is 15.0. The Kier molecular flexibility index (Phi) is 5.48. The van der Waals surface area contributed by atoms with Gasteiger partial charge in [-0.3, -0.25) is 0 Å². The molecule has 5 nitrogen and oxygen atoms in total. The smallest absolute Gasteiger partial charge is 0.124 e. The zero-order valence-corrected chi connectivity index (χ0v) is 14.0. The Morgan fingerprint density at radius 3 is 2.96 bits per heavy atom.